The van der Waals surface area contributed by atoms with Gasteiger partial charge in [0.25, 0.3) is 0 Å². The number of benzene rings is 1. The average Bonchev–Trinajstić information content (AvgIpc) is 2.76. The molecule has 0 aliphatic rings. The molecule has 18 heavy (non-hydrogen) atoms. The molecule has 1 heterocycles. The van der Waals surface area contributed by atoms with Crippen molar-refractivity contribution in [3.8, 4) is 5.75 Å². The van der Waals surface area contributed by atoms with Crippen LogP contribution in [0.25, 0.3) is 0 Å². The van der Waals surface area contributed by atoms with Crippen molar-refractivity contribution in [1.82, 2.24) is 0 Å². The number of ether oxygens (including phenoxy) is 1. The fourth-order valence-electron chi connectivity index (χ4n) is 1.84. The fourth-order valence-corrected chi connectivity index (χ4v) is 2.43. The number of aryl methyl sites for hydroxylation is 1. The summed E-state index contributed by atoms with van der Waals surface area (Å²) >= 11 is 3.47. The topological polar surface area (TPSA) is 48.4 Å². The van der Waals surface area contributed by atoms with E-state index in [1.165, 1.54) is 0 Å². The molecule has 0 bridgehead atoms. The van der Waals surface area contributed by atoms with Crippen molar-refractivity contribution >= 4 is 15.9 Å². The van der Waals surface area contributed by atoms with Gasteiger partial charge < -0.3 is 14.9 Å². The van der Waals surface area contributed by atoms with Crippen LogP contribution in [-0.4, -0.2) is 7.11 Å². The molecule has 2 N–H and O–H groups in total. The lowest BCUT2D eigenvalue weighted by atomic mass is 10.0. The smallest absolute Gasteiger partial charge is 0.133 e. The quantitative estimate of drug-likeness (QED) is 0.938. The third-order valence-electron chi connectivity index (χ3n) is 2.80. The van der Waals surface area contributed by atoms with E-state index >= 15 is 0 Å². The molecular formula is C14H16BrNO2. The molecule has 1 unspecified atom stereocenters. The third kappa shape index (κ3) is 2.94. The Balaban J connectivity index is 2.12. The first-order valence-corrected chi connectivity index (χ1v) is 6.54. The molecule has 0 saturated heterocycles. The van der Waals surface area contributed by atoms with Gasteiger partial charge in [-0.2, -0.15) is 0 Å². The van der Waals surface area contributed by atoms with Crippen LogP contribution >= 0.6 is 15.9 Å². The zero-order valence-electron chi connectivity index (χ0n) is 10.4. The summed E-state index contributed by atoms with van der Waals surface area (Å²) in [4.78, 5) is 0. The molecule has 0 saturated carbocycles. The van der Waals surface area contributed by atoms with Crippen LogP contribution < -0.4 is 10.5 Å². The molecule has 96 valence electrons. The molecule has 1 aromatic heterocycles. The highest BCUT2D eigenvalue weighted by Gasteiger charge is 2.12. The lowest BCUT2D eigenvalue weighted by Gasteiger charge is -2.10. The Morgan fingerprint density at radius 3 is 2.67 bits per heavy atom. The van der Waals surface area contributed by atoms with Gasteiger partial charge in [-0.3, -0.25) is 0 Å². The van der Waals surface area contributed by atoms with Gasteiger partial charge in [0.2, 0.25) is 0 Å². The highest BCUT2D eigenvalue weighted by atomic mass is 79.9. The largest absolute Gasteiger partial charge is 0.496 e. The number of hydrogen-bond acceptors (Lipinski definition) is 3. The van der Waals surface area contributed by atoms with Gasteiger partial charge in [0, 0.05) is 0 Å². The van der Waals surface area contributed by atoms with Crippen LogP contribution in [0.1, 0.15) is 23.1 Å². The lowest BCUT2D eigenvalue weighted by molar-refractivity contribution is 0.411. The van der Waals surface area contributed by atoms with Gasteiger partial charge in [-0.25, -0.2) is 0 Å². The summed E-state index contributed by atoms with van der Waals surface area (Å²) in [5.41, 5.74) is 7.26. The van der Waals surface area contributed by atoms with Crippen LogP contribution in [0.3, 0.4) is 0 Å². The van der Waals surface area contributed by atoms with E-state index in [0.717, 1.165) is 33.7 Å². The maximum atomic E-state index is 6.12. The maximum absolute atomic E-state index is 6.12. The second kappa shape index (κ2) is 5.59. The molecule has 2 aromatic rings. The number of furan rings is 1. The van der Waals surface area contributed by atoms with E-state index in [2.05, 4.69) is 15.9 Å². The maximum Gasteiger partial charge on any atom is 0.133 e. The first kappa shape index (κ1) is 13.2. The van der Waals surface area contributed by atoms with Gasteiger partial charge in [-0.05, 0) is 59.1 Å². The average molecular weight is 310 g/mol. The number of hydrogen-bond donors (Lipinski definition) is 1. The van der Waals surface area contributed by atoms with Crippen molar-refractivity contribution in [2.24, 2.45) is 5.73 Å². The summed E-state index contributed by atoms with van der Waals surface area (Å²) in [5, 5.41) is 0. The van der Waals surface area contributed by atoms with Crippen LogP contribution in [0.5, 0.6) is 5.75 Å². The summed E-state index contributed by atoms with van der Waals surface area (Å²) in [6.07, 6.45) is 0.732. The Kier molecular flexibility index (Phi) is 4.09. The molecule has 3 nitrogen and oxygen atoms in total. The lowest BCUT2D eigenvalue weighted by Crippen LogP contribution is -2.12. The molecule has 1 atom stereocenters. The predicted molar refractivity (Wildman–Crippen MR) is 74.8 cm³/mol. The summed E-state index contributed by atoms with van der Waals surface area (Å²) in [6, 6.07) is 9.70. The van der Waals surface area contributed by atoms with E-state index < -0.39 is 0 Å². The molecule has 4 heteroatoms. The van der Waals surface area contributed by atoms with Gasteiger partial charge in [0.1, 0.15) is 17.3 Å². The molecule has 2 rings (SSSR count). The second-order valence-corrected chi connectivity index (χ2v) is 5.08. The first-order valence-electron chi connectivity index (χ1n) is 5.74. The van der Waals surface area contributed by atoms with E-state index in [1.807, 2.05) is 37.3 Å². The Labute approximate surface area is 115 Å². The van der Waals surface area contributed by atoms with Crippen LogP contribution in [0.4, 0.5) is 0 Å². The van der Waals surface area contributed by atoms with Crippen LogP contribution in [0, 0.1) is 6.92 Å². The van der Waals surface area contributed by atoms with Crippen LogP contribution in [-0.2, 0) is 6.42 Å². The highest BCUT2D eigenvalue weighted by molar-refractivity contribution is 9.10. The van der Waals surface area contributed by atoms with Gasteiger partial charge in [-0.15, -0.1) is 0 Å². The summed E-state index contributed by atoms with van der Waals surface area (Å²) in [7, 11) is 1.65. The Morgan fingerprint density at radius 2 is 2.11 bits per heavy atom. The number of nitrogens with two attached hydrogens (primary N) is 1. The monoisotopic (exact) mass is 309 g/mol. The van der Waals surface area contributed by atoms with Crippen molar-refractivity contribution in [3.05, 3.63) is 51.9 Å². The predicted octanol–water partition coefficient (Wildman–Crippen LogP) is 3.60. The molecule has 0 fully saturated rings. The fraction of sp³-hybridized carbons (Fsp3) is 0.286. The number of rotatable bonds is 4. The first-order chi connectivity index (χ1) is 8.60. The molecule has 0 radical (unpaired) electrons. The normalized spacial score (nSPS) is 12.4. The zero-order chi connectivity index (χ0) is 13.1. The van der Waals surface area contributed by atoms with Crippen molar-refractivity contribution in [2.75, 3.05) is 7.11 Å². The number of methoxy groups -OCH3 is 1. The number of halogens is 1. The van der Waals surface area contributed by atoms with E-state index in [0.29, 0.717) is 0 Å². The van der Waals surface area contributed by atoms with Crippen molar-refractivity contribution in [2.45, 2.75) is 19.4 Å². The summed E-state index contributed by atoms with van der Waals surface area (Å²) in [6.45, 7) is 1.92. The second-order valence-electron chi connectivity index (χ2n) is 4.23. The van der Waals surface area contributed by atoms with Crippen molar-refractivity contribution in [1.29, 1.82) is 0 Å². The Hall–Kier alpha value is -1.26. The van der Waals surface area contributed by atoms with Crippen LogP contribution in [0.2, 0.25) is 0 Å². The van der Waals surface area contributed by atoms with E-state index in [-0.39, 0.29) is 6.04 Å². The van der Waals surface area contributed by atoms with Crippen molar-refractivity contribution < 1.29 is 9.15 Å². The molecular weight excluding hydrogens is 294 g/mol. The summed E-state index contributed by atoms with van der Waals surface area (Å²) in [5.74, 6) is 2.52. The SMILES string of the molecule is COc1ccc(CC(N)c2ccc(C)o2)cc1Br. The van der Waals surface area contributed by atoms with Gasteiger partial charge in [0.15, 0.2) is 0 Å². The van der Waals surface area contributed by atoms with Gasteiger partial charge >= 0.3 is 0 Å². The van der Waals surface area contributed by atoms with Gasteiger partial charge in [-0.1, -0.05) is 6.07 Å². The Bertz CT molecular complexity index is 536. The standard InChI is InChI=1S/C14H16BrNO2/c1-9-3-5-14(18-9)12(16)8-10-4-6-13(17-2)11(15)7-10/h3-7,12H,8,16H2,1-2H3. The summed E-state index contributed by atoms with van der Waals surface area (Å²) < 4.78 is 11.7. The van der Waals surface area contributed by atoms with Crippen LogP contribution in [0.15, 0.2) is 39.2 Å². The van der Waals surface area contributed by atoms with Crippen molar-refractivity contribution in [3.63, 3.8) is 0 Å². The van der Waals surface area contributed by atoms with E-state index in [4.69, 9.17) is 14.9 Å². The molecule has 0 amide bonds. The molecule has 0 spiro atoms. The molecule has 0 aliphatic heterocycles. The van der Waals surface area contributed by atoms with E-state index in [9.17, 15) is 0 Å². The molecule has 0 aliphatic carbocycles. The minimum absolute atomic E-state index is 0.126. The third-order valence-corrected chi connectivity index (χ3v) is 3.42. The zero-order valence-corrected chi connectivity index (χ0v) is 12.0. The van der Waals surface area contributed by atoms with E-state index in [1.54, 1.807) is 7.11 Å². The van der Waals surface area contributed by atoms with Gasteiger partial charge in [0.05, 0.1) is 17.6 Å². The molecule has 1 aromatic carbocycles. The Morgan fingerprint density at radius 1 is 1.33 bits per heavy atom. The minimum atomic E-state index is -0.126. The minimum Gasteiger partial charge on any atom is -0.496 e. The highest BCUT2D eigenvalue weighted by Crippen LogP contribution is 2.27.